The molecule has 0 saturated heterocycles. The molecule has 0 bridgehead atoms. The Morgan fingerprint density at radius 1 is 0.366 bits per heavy atom. The van der Waals surface area contributed by atoms with Crippen LogP contribution < -0.4 is 18.9 Å². The van der Waals surface area contributed by atoms with Crippen LogP contribution >= 0.6 is 46.4 Å². The Labute approximate surface area is 664 Å². The van der Waals surface area contributed by atoms with Gasteiger partial charge in [0, 0.05) is 62.7 Å². The normalized spacial score (nSPS) is 12.9. The molecule has 2 atom stereocenters. The molecule has 2 heterocycles. The minimum atomic E-state index is -1.72. The number of amides is 6. The molecular formula is C85H78Cl4N4O19. The Kier molecular flexibility index (Phi) is 26.1. The maximum absolute atomic E-state index is 16.6. The summed E-state index contributed by atoms with van der Waals surface area (Å²) < 4.78 is 55.9. The molecule has 0 N–H and O–H groups in total. The average Bonchev–Trinajstić information content (AvgIpc) is 0.670. The first-order valence-corrected chi connectivity index (χ1v) is 37.6. The molecule has 23 nitrogen and oxygen atoms in total. The van der Waals surface area contributed by atoms with Crippen LogP contribution in [0.1, 0.15) is 112 Å². The van der Waals surface area contributed by atoms with Crippen molar-refractivity contribution in [3.05, 3.63) is 212 Å². The van der Waals surface area contributed by atoms with Crippen molar-refractivity contribution in [2.75, 3.05) is 65.8 Å². The summed E-state index contributed by atoms with van der Waals surface area (Å²) in [5, 5.41) is -0.837. The topological polar surface area (TPSA) is 267 Å². The maximum atomic E-state index is 16.6. The molecule has 9 aromatic rings. The van der Waals surface area contributed by atoms with Gasteiger partial charge in [-0.05, 0) is 135 Å². The quantitative estimate of drug-likeness (QED) is 0.00671. The molecule has 0 aromatic heterocycles. The molecule has 580 valence electrons. The van der Waals surface area contributed by atoms with E-state index in [4.69, 9.17) is 89.0 Å². The second-order valence-corrected chi connectivity index (χ2v) is 27.9. The Hall–Kier alpha value is -11.3. The highest BCUT2D eigenvalue weighted by atomic mass is 35.5. The highest BCUT2D eigenvalue weighted by Gasteiger charge is 2.47. The monoisotopic (exact) mass is 1600 g/mol. The van der Waals surface area contributed by atoms with Crippen LogP contribution in [-0.2, 0) is 78.1 Å². The van der Waals surface area contributed by atoms with Gasteiger partial charge in [-0.15, -0.1) is 0 Å². The Morgan fingerprint density at radius 3 is 0.875 bits per heavy atom. The highest BCUT2D eigenvalue weighted by Crippen LogP contribution is 2.58. The van der Waals surface area contributed by atoms with Gasteiger partial charge < -0.3 is 52.4 Å². The number of fused-ring (bicyclic) bond motifs is 2. The lowest BCUT2D eigenvalue weighted by Crippen LogP contribution is -2.56. The van der Waals surface area contributed by atoms with Crippen LogP contribution in [0, 0.1) is 0 Å². The van der Waals surface area contributed by atoms with Crippen molar-refractivity contribution >= 4 is 149 Å². The van der Waals surface area contributed by atoms with Crippen LogP contribution in [0.4, 0.5) is 0 Å². The van der Waals surface area contributed by atoms with Crippen LogP contribution in [0.5, 0.6) is 46.0 Å². The number of hydrogen-bond acceptors (Lipinski definition) is 19. The fourth-order valence-corrected chi connectivity index (χ4v) is 13.7. The third kappa shape index (κ3) is 17.2. The van der Waals surface area contributed by atoms with Crippen LogP contribution in [0.2, 0.25) is 0 Å². The molecule has 0 fully saturated rings. The smallest absolute Gasteiger partial charge is 0.349 e. The lowest BCUT2D eigenvalue weighted by Gasteiger charge is -2.37. The van der Waals surface area contributed by atoms with E-state index in [1.54, 1.807) is 55.5 Å². The molecule has 2 aliphatic rings. The van der Waals surface area contributed by atoms with E-state index in [0.29, 0.717) is 25.7 Å². The molecular weight excluding hydrogens is 1520 g/mol. The molecule has 0 aliphatic carbocycles. The number of nitrogens with zero attached hydrogens (tertiary/aromatic N) is 4. The predicted octanol–water partition coefficient (Wildman–Crippen LogP) is 16.4. The standard InChI is InChI=1S/C85H78Cl4N4O19/c1-11-51-16-24-55(25-17-51)109-64-42-59-68-60(78(96)92(77(59)95)50(10)76(94)90(33-38-105-82(100)46(6)86)34-39-106-83(101)47(7)87)43-65(110-56-26-18-52(12-2)19-27-56)71-73-67(112-58-30-22-54(14-4)23-31-58)45-62-69-61(44-66(72(75(69)73)70(64)74(68)71)111-57-28-20-53(13-3)21-29-57)79(97)93(80(62)98)63(32-37-104-15-5)81(99)91(35-40-107-84(102)48(8)88)36-41-108-85(103)49(9)89/h16-31,42-45,50,63H,6-9,11-15,32-41H2,1-5,10H3. The van der Waals surface area contributed by atoms with E-state index in [1.165, 1.54) is 31.2 Å². The van der Waals surface area contributed by atoms with E-state index in [-0.39, 0.29) is 144 Å². The third-order valence-electron chi connectivity index (χ3n) is 19.2. The molecule has 2 aliphatic heterocycles. The van der Waals surface area contributed by atoms with Gasteiger partial charge in [0.15, 0.2) is 0 Å². The van der Waals surface area contributed by atoms with Gasteiger partial charge in [0.05, 0.1) is 48.4 Å². The van der Waals surface area contributed by atoms with Crippen molar-refractivity contribution in [3.8, 4) is 46.0 Å². The van der Waals surface area contributed by atoms with Gasteiger partial charge in [-0.25, -0.2) is 19.2 Å². The summed E-state index contributed by atoms with van der Waals surface area (Å²) in [7, 11) is 0. The number of halogens is 4. The number of esters is 4. The van der Waals surface area contributed by atoms with E-state index in [2.05, 4.69) is 26.3 Å². The number of hydrogen-bond donors (Lipinski definition) is 0. The minimum Gasteiger partial charge on any atom is -0.460 e. The van der Waals surface area contributed by atoms with Crippen molar-refractivity contribution < 1.29 is 90.6 Å². The van der Waals surface area contributed by atoms with Crippen molar-refractivity contribution in [2.45, 2.75) is 85.7 Å². The van der Waals surface area contributed by atoms with Crippen LogP contribution in [0.3, 0.4) is 0 Å². The highest BCUT2D eigenvalue weighted by molar-refractivity contribution is 6.46. The molecule has 0 saturated carbocycles. The van der Waals surface area contributed by atoms with E-state index >= 15 is 28.8 Å². The van der Waals surface area contributed by atoms with Crippen LogP contribution in [-0.4, -0.2) is 157 Å². The fraction of sp³-hybridized carbons (Fsp3) is 0.271. The number of carbonyl (C=O) groups is 10. The number of ether oxygens (including phenoxy) is 9. The average molecular weight is 1600 g/mol. The second-order valence-electron chi connectivity index (χ2n) is 26.0. The van der Waals surface area contributed by atoms with E-state index in [0.717, 1.165) is 41.9 Å². The SMILES string of the molecule is C=C(Cl)C(=O)OCCN(CCOC(=O)C(=C)Cl)C(=O)C(C)N1C(=O)c2cc(Oc3ccc(CC)cc3)c3c4c(Oc5ccc(CC)cc5)cc5c6c(cc(Oc7ccc(CC)cc7)c(c7c(Oc8ccc(CC)cc8)cc(c2c37)C1=O)c64)C(=O)N(C(CCOCC)C(=O)N(CCOC(=O)C(=C)Cl)CCOC(=O)C(=C)Cl)C5=O. The van der Waals surface area contributed by atoms with Gasteiger partial charge in [-0.1, -0.05) is 149 Å². The Bertz CT molecular complexity index is 5010. The number of benzene rings is 9. The minimum absolute atomic E-state index is 0.0309. The Morgan fingerprint density at radius 2 is 0.625 bits per heavy atom. The molecule has 27 heteroatoms. The molecule has 11 rings (SSSR count). The van der Waals surface area contributed by atoms with Gasteiger partial charge in [-0.2, -0.15) is 0 Å². The van der Waals surface area contributed by atoms with Crippen molar-refractivity contribution in [1.29, 1.82) is 0 Å². The van der Waals surface area contributed by atoms with Crippen LogP contribution in [0.25, 0.3) is 43.1 Å². The van der Waals surface area contributed by atoms with Crippen molar-refractivity contribution in [3.63, 3.8) is 0 Å². The van der Waals surface area contributed by atoms with Crippen molar-refractivity contribution in [2.24, 2.45) is 0 Å². The van der Waals surface area contributed by atoms with E-state index < -0.39 is 131 Å². The van der Waals surface area contributed by atoms with Crippen LogP contribution in [0.15, 0.2) is 168 Å². The van der Waals surface area contributed by atoms with Gasteiger partial charge in [0.1, 0.15) is 105 Å². The molecule has 112 heavy (non-hydrogen) atoms. The van der Waals surface area contributed by atoms with E-state index in [1.807, 2.05) is 76.2 Å². The fourth-order valence-electron chi connectivity index (χ4n) is 13.4. The number of rotatable bonds is 36. The molecule has 0 radical (unpaired) electrons. The van der Waals surface area contributed by atoms with Gasteiger partial charge in [0.25, 0.3) is 23.6 Å². The predicted molar refractivity (Wildman–Crippen MR) is 424 cm³/mol. The zero-order chi connectivity index (χ0) is 80.5. The zero-order valence-corrected chi connectivity index (χ0v) is 65.2. The number of aryl methyl sites for hydroxylation is 4. The summed E-state index contributed by atoms with van der Waals surface area (Å²) in [6.45, 7) is 21.2. The number of imide groups is 2. The van der Waals surface area contributed by atoms with E-state index in [9.17, 15) is 19.2 Å². The summed E-state index contributed by atoms with van der Waals surface area (Å²) in [6.07, 6.45) is 2.28. The third-order valence-corrected chi connectivity index (χ3v) is 19.8. The summed E-state index contributed by atoms with van der Waals surface area (Å²) in [5.41, 5.74) is 3.12. The molecule has 0 spiro atoms. The van der Waals surface area contributed by atoms with Crippen molar-refractivity contribution in [1.82, 2.24) is 19.6 Å². The maximum Gasteiger partial charge on any atom is 0.349 e. The molecule has 6 amide bonds. The molecule has 2 unspecified atom stereocenters. The zero-order valence-electron chi connectivity index (χ0n) is 62.2. The van der Waals surface area contributed by atoms with Gasteiger partial charge >= 0.3 is 23.9 Å². The summed E-state index contributed by atoms with van der Waals surface area (Å²) in [5.74, 6) is -8.86. The van der Waals surface area contributed by atoms with Gasteiger partial charge in [0.2, 0.25) is 11.8 Å². The second kappa shape index (κ2) is 35.8. The summed E-state index contributed by atoms with van der Waals surface area (Å²) in [6, 6.07) is 31.2. The number of carbonyl (C=O) groups excluding carboxylic acids is 10. The lowest BCUT2D eigenvalue weighted by atomic mass is 9.80. The van der Waals surface area contributed by atoms with Gasteiger partial charge in [-0.3, -0.25) is 38.6 Å². The first-order valence-electron chi connectivity index (χ1n) is 36.1. The largest absolute Gasteiger partial charge is 0.460 e. The first-order chi connectivity index (χ1) is 53.7. The Balaban J connectivity index is 1.25. The first kappa shape index (κ1) is 81.6. The molecule has 9 aromatic carbocycles. The summed E-state index contributed by atoms with van der Waals surface area (Å²) in [4.78, 5) is 151. The lowest BCUT2D eigenvalue weighted by molar-refractivity contribution is -0.145. The summed E-state index contributed by atoms with van der Waals surface area (Å²) >= 11 is 23.5.